The van der Waals surface area contributed by atoms with Crippen molar-refractivity contribution < 1.29 is 18.4 Å². The fourth-order valence-corrected chi connectivity index (χ4v) is 2.78. The van der Waals surface area contributed by atoms with E-state index in [0.29, 0.717) is 12.5 Å². The van der Waals surface area contributed by atoms with E-state index in [1.165, 1.54) is 0 Å². The van der Waals surface area contributed by atoms with Crippen molar-refractivity contribution in [2.45, 2.75) is 50.6 Å². The average molecular weight is 339 g/mol. The van der Waals surface area contributed by atoms with Crippen LogP contribution in [0.4, 0.5) is 8.78 Å². The van der Waals surface area contributed by atoms with Gasteiger partial charge in [0.2, 0.25) is 5.91 Å². The van der Waals surface area contributed by atoms with Gasteiger partial charge in [-0.1, -0.05) is 0 Å². The molecule has 0 aliphatic heterocycles. The second-order valence-corrected chi connectivity index (χ2v) is 6.16. The predicted octanol–water partition coefficient (Wildman–Crippen LogP) is 1.86. The van der Waals surface area contributed by atoms with Crippen LogP contribution in [-0.2, 0) is 4.79 Å². The number of nitrogens with two attached hydrogens (primary N) is 1. The molecule has 7 heteroatoms. The summed E-state index contributed by atoms with van der Waals surface area (Å²) in [6.07, 6.45) is 4.37. The zero-order chi connectivity index (χ0) is 17.5. The standard InChI is InChI=1S/C17H23F2N3O2/c18-11-3-8-14(15(19)10-11)17(24)21-9-1-2-16(23)22-13-6-4-12(20)5-7-13/h3,8,10,12-13H,1-2,4-7,9,20H2,(H,21,24)(H,22,23). The van der Waals surface area contributed by atoms with Crippen molar-refractivity contribution in [2.24, 2.45) is 5.73 Å². The van der Waals surface area contributed by atoms with Crippen molar-refractivity contribution >= 4 is 11.8 Å². The van der Waals surface area contributed by atoms with Crippen LogP contribution < -0.4 is 16.4 Å². The van der Waals surface area contributed by atoms with Crippen molar-refractivity contribution in [2.75, 3.05) is 6.54 Å². The molecule has 0 aromatic heterocycles. The molecule has 0 spiro atoms. The number of benzene rings is 1. The molecule has 1 fully saturated rings. The maximum absolute atomic E-state index is 13.5. The number of carbonyl (C=O) groups excluding carboxylic acids is 2. The van der Waals surface area contributed by atoms with Crippen LogP contribution in [0.25, 0.3) is 0 Å². The van der Waals surface area contributed by atoms with Gasteiger partial charge in [0.15, 0.2) is 0 Å². The van der Waals surface area contributed by atoms with Gasteiger partial charge in [-0.3, -0.25) is 9.59 Å². The Bertz CT molecular complexity index is 587. The van der Waals surface area contributed by atoms with Crippen LogP contribution in [0.15, 0.2) is 18.2 Å². The van der Waals surface area contributed by atoms with E-state index in [1.54, 1.807) is 0 Å². The van der Waals surface area contributed by atoms with Crippen LogP contribution >= 0.6 is 0 Å². The fourth-order valence-electron chi connectivity index (χ4n) is 2.78. The van der Waals surface area contributed by atoms with E-state index < -0.39 is 17.5 Å². The third-order valence-electron chi connectivity index (χ3n) is 4.18. The summed E-state index contributed by atoms with van der Waals surface area (Å²) in [5, 5.41) is 5.49. The molecule has 132 valence electrons. The maximum Gasteiger partial charge on any atom is 0.254 e. The molecule has 5 nitrogen and oxygen atoms in total. The topological polar surface area (TPSA) is 84.2 Å². The number of carbonyl (C=O) groups is 2. The number of rotatable bonds is 6. The van der Waals surface area contributed by atoms with E-state index in [-0.39, 0.29) is 36.5 Å². The zero-order valence-corrected chi connectivity index (χ0v) is 13.5. The summed E-state index contributed by atoms with van der Waals surface area (Å²) < 4.78 is 26.2. The predicted molar refractivity (Wildman–Crippen MR) is 86.3 cm³/mol. The summed E-state index contributed by atoms with van der Waals surface area (Å²) in [5.74, 6) is -2.31. The number of hydrogen-bond acceptors (Lipinski definition) is 3. The lowest BCUT2D eigenvalue weighted by atomic mass is 9.92. The quantitative estimate of drug-likeness (QED) is 0.692. The van der Waals surface area contributed by atoms with Gasteiger partial charge in [-0.15, -0.1) is 0 Å². The highest BCUT2D eigenvalue weighted by molar-refractivity contribution is 5.94. The highest BCUT2D eigenvalue weighted by Gasteiger charge is 2.19. The van der Waals surface area contributed by atoms with Crippen molar-refractivity contribution in [1.82, 2.24) is 10.6 Å². The summed E-state index contributed by atoms with van der Waals surface area (Å²) in [6.45, 7) is 0.249. The minimum absolute atomic E-state index is 0.0577. The van der Waals surface area contributed by atoms with Gasteiger partial charge in [-0.05, 0) is 44.2 Å². The van der Waals surface area contributed by atoms with Crippen LogP contribution in [0.5, 0.6) is 0 Å². The Morgan fingerprint density at radius 3 is 2.54 bits per heavy atom. The average Bonchev–Trinajstić information content (AvgIpc) is 2.53. The normalized spacial score (nSPS) is 20.5. The van der Waals surface area contributed by atoms with Crippen molar-refractivity contribution in [3.05, 3.63) is 35.4 Å². The minimum atomic E-state index is -0.902. The second-order valence-electron chi connectivity index (χ2n) is 6.16. The molecule has 0 atom stereocenters. The molecule has 0 heterocycles. The molecule has 2 amide bonds. The first-order valence-electron chi connectivity index (χ1n) is 8.24. The lowest BCUT2D eigenvalue weighted by molar-refractivity contribution is -0.122. The molecule has 0 unspecified atom stereocenters. The molecule has 1 aliphatic rings. The van der Waals surface area contributed by atoms with E-state index in [4.69, 9.17) is 5.73 Å². The van der Waals surface area contributed by atoms with Crippen molar-refractivity contribution in [3.8, 4) is 0 Å². The van der Waals surface area contributed by atoms with Crippen LogP contribution in [0.2, 0.25) is 0 Å². The molecule has 1 saturated carbocycles. The second kappa shape index (κ2) is 8.73. The third-order valence-corrected chi connectivity index (χ3v) is 4.18. The highest BCUT2D eigenvalue weighted by Crippen LogP contribution is 2.17. The van der Waals surface area contributed by atoms with E-state index in [2.05, 4.69) is 10.6 Å². The highest BCUT2D eigenvalue weighted by atomic mass is 19.1. The van der Waals surface area contributed by atoms with Crippen molar-refractivity contribution in [1.29, 1.82) is 0 Å². The first kappa shape index (κ1) is 18.3. The molecule has 0 saturated heterocycles. The van der Waals surface area contributed by atoms with E-state index in [9.17, 15) is 18.4 Å². The molecule has 4 N–H and O–H groups in total. The fraction of sp³-hybridized carbons (Fsp3) is 0.529. The Balaban J connectivity index is 1.65. The Morgan fingerprint density at radius 1 is 1.17 bits per heavy atom. The van der Waals surface area contributed by atoms with E-state index >= 15 is 0 Å². The molecular formula is C17H23F2N3O2. The SMILES string of the molecule is NC1CCC(NC(=O)CCCNC(=O)c2ccc(F)cc2F)CC1. The number of amides is 2. The van der Waals surface area contributed by atoms with E-state index in [0.717, 1.165) is 37.8 Å². The van der Waals surface area contributed by atoms with Crippen LogP contribution in [-0.4, -0.2) is 30.4 Å². The monoisotopic (exact) mass is 339 g/mol. The van der Waals surface area contributed by atoms with Crippen LogP contribution in [0, 0.1) is 11.6 Å². The van der Waals surface area contributed by atoms with Gasteiger partial charge in [-0.2, -0.15) is 0 Å². The van der Waals surface area contributed by atoms with Gasteiger partial charge in [-0.25, -0.2) is 8.78 Å². The molecule has 1 aromatic rings. The van der Waals surface area contributed by atoms with Gasteiger partial charge in [0, 0.05) is 31.1 Å². The van der Waals surface area contributed by atoms with Gasteiger partial charge >= 0.3 is 0 Å². The first-order valence-corrected chi connectivity index (χ1v) is 8.24. The summed E-state index contributed by atoms with van der Waals surface area (Å²) >= 11 is 0. The molecule has 24 heavy (non-hydrogen) atoms. The van der Waals surface area contributed by atoms with Gasteiger partial charge in [0.1, 0.15) is 11.6 Å². The Labute approximate surface area is 140 Å². The largest absolute Gasteiger partial charge is 0.353 e. The van der Waals surface area contributed by atoms with Gasteiger partial charge in [0.25, 0.3) is 5.91 Å². The maximum atomic E-state index is 13.5. The molecule has 2 rings (SSSR count). The number of halogens is 2. The van der Waals surface area contributed by atoms with E-state index in [1.807, 2.05) is 0 Å². The molecule has 1 aromatic carbocycles. The van der Waals surface area contributed by atoms with Crippen LogP contribution in [0.1, 0.15) is 48.9 Å². The summed E-state index contributed by atoms with van der Waals surface area (Å²) in [4.78, 5) is 23.6. The molecular weight excluding hydrogens is 316 g/mol. The Hall–Kier alpha value is -2.02. The van der Waals surface area contributed by atoms with Crippen molar-refractivity contribution in [3.63, 3.8) is 0 Å². The lowest BCUT2D eigenvalue weighted by Gasteiger charge is -2.26. The van der Waals surface area contributed by atoms with Gasteiger partial charge in [0.05, 0.1) is 5.56 Å². The molecule has 0 radical (unpaired) electrons. The zero-order valence-electron chi connectivity index (χ0n) is 13.5. The summed E-state index contributed by atoms with van der Waals surface area (Å²) in [6, 6.07) is 3.21. The van der Waals surface area contributed by atoms with Gasteiger partial charge < -0.3 is 16.4 Å². The smallest absolute Gasteiger partial charge is 0.254 e. The Morgan fingerprint density at radius 2 is 1.88 bits per heavy atom. The number of nitrogens with one attached hydrogen (secondary N) is 2. The Kier molecular flexibility index (Phi) is 6.66. The minimum Gasteiger partial charge on any atom is -0.353 e. The first-order chi connectivity index (χ1) is 11.5. The lowest BCUT2D eigenvalue weighted by Crippen LogP contribution is -2.40. The van der Waals surface area contributed by atoms with Crippen LogP contribution in [0.3, 0.4) is 0 Å². The third kappa shape index (κ3) is 5.56. The molecule has 1 aliphatic carbocycles. The number of hydrogen-bond donors (Lipinski definition) is 3. The summed E-state index contributed by atoms with van der Waals surface area (Å²) in [7, 11) is 0. The molecule has 0 bridgehead atoms. The summed E-state index contributed by atoms with van der Waals surface area (Å²) in [5.41, 5.74) is 5.61.